The first-order chi connectivity index (χ1) is 8.22. The van der Waals surface area contributed by atoms with Crippen LogP contribution in [0.25, 0.3) is 10.8 Å². The Labute approximate surface area is 99.1 Å². The summed E-state index contributed by atoms with van der Waals surface area (Å²) in [5.74, 6) is -0.262. The molecule has 4 nitrogen and oxygen atoms in total. The van der Waals surface area contributed by atoms with Gasteiger partial charge in [0.25, 0.3) is 5.91 Å². The van der Waals surface area contributed by atoms with E-state index in [2.05, 4.69) is 5.32 Å². The molecule has 0 radical (unpaired) electrons. The van der Waals surface area contributed by atoms with E-state index in [0.717, 1.165) is 10.8 Å². The molecule has 0 aliphatic heterocycles. The smallest absolute Gasteiger partial charge is 0.253 e. The maximum atomic E-state index is 11.8. The number of hydrogen-bond donors (Lipinski definition) is 3. The van der Waals surface area contributed by atoms with E-state index in [4.69, 9.17) is 10.8 Å². The highest BCUT2D eigenvalue weighted by molar-refractivity contribution is 6.03. The summed E-state index contributed by atoms with van der Waals surface area (Å²) in [6.07, 6.45) is 0. The fourth-order valence-corrected chi connectivity index (χ4v) is 1.72. The number of benzene rings is 2. The van der Waals surface area contributed by atoms with Gasteiger partial charge in [0, 0.05) is 12.2 Å². The van der Waals surface area contributed by atoms with Gasteiger partial charge in [-0.2, -0.15) is 0 Å². The van der Waals surface area contributed by atoms with Gasteiger partial charge in [-0.1, -0.05) is 24.3 Å². The first kappa shape index (κ1) is 11.4. The Morgan fingerprint density at radius 3 is 2.53 bits per heavy atom. The normalized spacial score (nSPS) is 10.4. The minimum absolute atomic E-state index is 0.0841. The number of rotatable bonds is 3. The van der Waals surface area contributed by atoms with E-state index in [1.807, 2.05) is 24.3 Å². The Bertz CT molecular complexity index is 552. The van der Waals surface area contributed by atoms with Gasteiger partial charge in [-0.25, -0.2) is 0 Å². The molecule has 0 bridgehead atoms. The van der Waals surface area contributed by atoms with Crippen LogP contribution in [0.1, 0.15) is 10.4 Å². The Balaban J connectivity index is 2.40. The van der Waals surface area contributed by atoms with Gasteiger partial charge in [-0.3, -0.25) is 4.79 Å². The fourth-order valence-electron chi connectivity index (χ4n) is 1.72. The lowest BCUT2D eigenvalue weighted by Gasteiger charge is -2.08. The lowest BCUT2D eigenvalue weighted by Crippen LogP contribution is -2.27. The molecule has 0 spiro atoms. The number of carbonyl (C=O) groups excluding carboxylic acids is 1. The van der Waals surface area contributed by atoms with Crippen LogP contribution in [-0.2, 0) is 0 Å². The summed E-state index contributed by atoms with van der Waals surface area (Å²) in [4.78, 5) is 11.8. The fraction of sp³-hybridized carbons (Fsp3) is 0.154. The summed E-state index contributed by atoms with van der Waals surface area (Å²) in [6, 6.07) is 11.3. The van der Waals surface area contributed by atoms with Gasteiger partial charge < -0.3 is 16.2 Å². The van der Waals surface area contributed by atoms with Crippen molar-refractivity contribution in [2.75, 3.05) is 18.9 Å². The molecule has 1 amide bonds. The third kappa shape index (κ3) is 2.37. The number of aliphatic hydroxyl groups is 1. The third-order valence-electron chi connectivity index (χ3n) is 2.56. The summed E-state index contributed by atoms with van der Waals surface area (Å²) in [5.41, 5.74) is 6.72. The zero-order valence-electron chi connectivity index (χ0n) is 9.31. The Morgan fingerprint density at radius 1 is 1.24 bits per heavy atom. The molecule has 0 aliphatic rings. The summed E-state index contributed by atoms with van der Waals surface area (Å²) < 4.78 is 0. The van der Waals surface area contributed by atoms with Gasteiger partial charge in [0.2, 0.25) is 0 Å². The third-order valence-corrected chi connectivity index (χ3v) is 2.56. The van der Waals surface area contributed by atoms with Crippen molar-refractivity contribution in [1.29, 1.82) is 0 Å². The van der Waals surface area contributed by atoms with Crippen molar-refractivity contribution >= 4 is 22.4 Å². The summed E-state index contributed by atoms with van der Waals surface area (Å²) in [6.45, 7) is 0.143. The van der Waals surface area contributed by atoms with Crippen LogP contribution in [0.5, 0.6) is 0 Å². The highest BCUT2D eigenvalue weighted by Gasteiger charge is 2.09. The molecule has 0 fully saturated rings. The number of fused-ring (bicyclic) bond motifs is 1. The molecule has 2 aromatic carbocycles. The van der Waals surface area contributed by atoms with Crippen molar-refractivity contribution in [2.45, 2.75) is 0 Å². The number of nitrogens with two attached hydrogens (primary N) is 1. The van der Waals surface area contributed by atoms with Gasteiger partial charge in [0.1, 0.15) is 0 Å². The average Bonchev–Trinajstić information content (AvgIpc) is 2.35. The van der Waals surface area contributed by atoms with Crippen LogP contribution in [0.2, 0.25) is 0 Å². The monoisotopic (exact) mass is 230 g/mol. The standard InChI is InChI=1S/C13H14N2O2/c14-12-8-10-4-2-1-3-9(10)7-11(12)13(17)15-5-6-16/h1-4,7-8,16H,5-6,14H2,(H,15,17). The van der Waals surface area contributed by atoms with Gasteiger partial charge >= 0.3 is 0 Å². The van der Waals surface area contributed by atoms with Crippen molar-refractivity contribution in [1.82, 2.24) is 5.32 Å². The van der Waals surface area contributed by atoms with Crippen LogP contribution in [0.3, 0.4) is 0 Å². The summed E-state index contributed by atoms with van der Waals surface area (Å²) in [5, 5.41) is 13.2. The number of nitrogens with one attached hydrogen (secondary N) is 1. The molecule has 2 rings (SSSR count). The van der Waals surface area contributed by atoms with E-state index in [9.17, 15) is 4.79 Å². The number of nitrogen functional groups attached to an aromatic ring is 1. The predicted octanol–water partition coefficient (Wildman–Crippen LogP) is 1.14. The number of carbonyl (C=O) groups is 1. The molecule has 0 aromatic heterocycles. The molecule has 0 heterocycles. The number of anilines is 1. The van der Waals surface area contributed by atoms with E-state index >= 15 is 0 Å². The molecule has 17 heavy (non-hydrogen) atoms. The van der Waals surface area contributed by atoms with Crippen LogP contribution in [0.4, 0.5) is 5.69 Å². The second-order valence-corrected chi connectivity index (χ2v) is 3.77. The van der Waals surface area contributed by atoms with E-state index < -0.39 is 0 Å². The summed E-state index contributed by atoms with van der Waals surface area (Å²) >= 11 is 0. The molecule has 88 valence electrons. The lowest BCUT2D eigenvalue weighted by atomic mass is 10.0. The van der Waals surface area contributed by atoms with Crippen molar-refractivity contribution in [3.05, 3.63) is 42.0 Å². The van der Waals surface area contributed by atoms with Crippen molar-refractivity contribution in [3.8, 4) is 0 Å². The Kier molecular flexibility index (Phi) is 3.25. The van der Waals surface area contributed by atoms with E-state index in [1.165, 1.54) is 0 Å². The molecule has 4 N–H and O–H groups in total. The number of hydrogen-bond acceptors (Lipinski definition) is 3. The zero-order chi connectivity index (χ0) is 12.3. The molecule has 0 saturated heterocycles. The molecular weight excluding hydrogens is 216 g/mol. The molecule has 0 atom stereocenters. The van der Waals surface area contributed by atoms with Crippen LogP contribution < -0.4 is 11.1 Å². The summed E-state index contributed by atoms with van der Waals surface area (Å²) in [7, 11) is 0. The van der Waals surface area contributed by atoms with Crippen molar-refractivity contribution < 1.29 is 9.90 Å². The van der Waals surface area contributed by atoms with Gasteiger partial charge in [0.15, 0.2) is 0 Å². The highest BCUT2D eigenvalue weighted by Crippen LogP contribution is 2.21. The zero-order valence-corrected chi connectivity index (χ0v) is 9.31. The molecule has 0 unspecified atom stereocenters. The average molecular weight is 230 g/mol. The lowest BCUT2D eigenvalue weighted by molar-refractivity contribution is 0.0946. The maximum absolute atomic E-state index is 11.8. The largest absolute Gasteiger partial charge is 0.398 e. The van der Waals surface area contributed by atoms with E-state index in [1.54, 1.807) is 12.1 Å². The second-order valence-electron chi connectivity index (χ2n) is 3.77. The van der Waals surface area contributed by atoms with E-state index in [-0.39, 0.29) is 19.1 Å². The SMILES string of the molecule is Nc1cc2ccccc2cc1C(=O)NCCO. The predicted molar refractivity (Wildman–Crippen MR) is 67.8 cm³/mol. The minimum Gasteiger partial charge on any atom is -0.398 e. The number of amides is 1. The minimum atomic E-state index is -0.262. The molecule has 0 aliphatic carbocycles. The maximum Gasteiger partial charge on any atom is 0.253 e. The van der Waals surface area contributed by atoms with Crippen LogP contribution in [-0.4, -0.2) is 24.2 Å². The van der Waals surface area contributed by atoms with Crippen LogP contribution in [0, 0.1) is 0 Å². The molecular formula is C13H14N2O2. The van der Waals surface area contributed by atoms with Crippen LogP contribution in [0.15, 0.2) is 36.4 Å². The van der Waals surface area contributed by atoms with E-state index in [0.29, 0.717) is 11.3 Å². The second kappa shape index (κ2) is 4.84. The topological polar surface area (TPSA) is 75.4 Å². The first-order valence-electron chi connectivity index (χ1n) is 5.39. The molecule has 0 saturated carbocycles. The Hall–Kier alpha value is -2.07. The molecule has 2 aromatic rings. The quantitative estimate of drug-likeness (QED) is 0.692. The highest BCUT2D eigenvalue weighted by atomic mass is 16.3. The Morgan fingerprint density at radius 2 is 1.88 bits per heavy atom. The van der Waals surface area contributed by atoms with Crippen LogP contribution >= 0.6 is 0 Å². The van der Waals surface area contributed by atoms with Gasteiger partial charge in [-0.15, -0.1) is 0 Å². The van der Waals surface area contributed by atoms with Crippen molar-refractivity contribution in [2.24, 2.45) is 0 Å². The van der Waals surface area contributed by atoms with Gasteiger partial charge in [-0.05, 0) is 22.9 Å². The van der Waals surface area contributed by atoms with Gasteiger partial charge in [0.05, 0.1) is 12.2 Å². The first-order valence-corrected chi connectivity index (χ1v) is 5.39. The number of aliphatic hydroxyl groups excluding tert-OH is 1. The van der Waals surface area contributed by atoms with Crippen molar-refractivity contribution in [3.63, 3.8) is 0 Å². The molecule has 4 heteroatoms.